The fourth-order valence-corrected chi connectivity index (χ4v) is 3.34. The summed E-state index contributed by atoms with van der Waals surface area (Å²) in [4.78, 5) is 38.3. The summed E-state index contributed by atoms with van der Waals surface area (Å²) in [5.74, 6) is -0.839. The third kappa shape index (κ3) is 4.03. The number of imide groups is 1. The van der Waals surface area contributed by atoms with E-state index in [0.717, 1.165) is 20.5 Å². The minimum Gasteiger partial charge on any atom is -0.350 e. The molecule has 4 amide bonds. The molecule has 0 bridgehead atoms. The number of aryl methyl sites for hydroxylation is 1. The number of hydrogen-bond donors (Lipinski definition) is 2. The molecule has 0 spiro atoms. The highest BCUT2D eigenvalue weighted by molar-refractivity contribution is 9.10. The van der Waals surface area contributed by atoms with Crippen LogP contribution in [0.3, 0.4) is 0 Å². The Morgan fingerprint density at radius 1 is 1.19 bits per heavy atom. The Hall–Kier alpha value is -2.67. The fourth-order valence-electron chi connectivity index (χ4n) is 2.94. The van der Waals surface area contributed by atoms with Gasteiger partial charge in [0, 0.05) is 11.0 Å². The van der Waals surface area contributed by atoms with Crippen molar-refractivity contribution < 1.29 is 14.4 Å². The Labute approximate surface area is 166 Å². The third-order valence-corrected chi connectivity index (χ3v) is 5.08. The molecule has 1 heterocycles. The quantitative estimate of drug-likeness (QED) is 0.717. The van der Waals surface area contributed by atoms with Crippen molar-refractivity contribution in [3.63, 3.8) is 0 Å². The fraction of sp³-hybridized carbons (Fsp3) is 0.250. The summed E-state index contributed by atoms with van der Waals surface area (Å²) < 4.78 is 0.803. The van der Waals surface area contributed by atoms with Crippen LogP contribution < -0.4 is 10.6 Å². The maximum Gasteiger partial charge on any atom is 0.325 e. The highest BCUT2D eigenvalue weighted by Crippen LogP contribution is 2.30. The number of rotatable bonds is 5. The maximum absolute atomic E-state index is 12.8. The molecular weight excluding hydrogens is 410 g/mol. The maximum atomic E-state index is 12.8. The Bertz CT molecular complexity index is 898. The monoisotopic (exact) mass is 429 g/mol. The molecule has 2 N–H and O–H groups in total. The molecule has 1 atom stereocenters. The molecule has 2 aromatic carbocycles. The molecule has 27 heavy (non-hydrogen) atoms. The van der Waals surface area contributed by atoms with Crippen molar-refractivity contribution >= 4 is 33.8 Å². The molecule has 0 aliphatic carbocycles. The average molecular weight is 430 g/mol. The van der Waals surface area contributed by atoms with Gasteiger partial charge in [-0.05, 0) is 37.1 Å². The molecule has 0 saturated carbocycles. The Balaban J connectivity index is 1.66. The summed E-state index contributed by atoms with van der Waals surface area (Å²) in [7, 11) is 0. The van der Waals surface area contributed by atoms with Gasteiger partial charge in [0.15, 0.2) is 0 Å². The number of benzene rings is 2. The van der Waals surface area contributed by atoms with E-state index >= 15 is 0 Å². The van der Waals surface area contributed by atoms with Crippen molar-refractivity contribution in [2.75, 3.05) is 6.54 Å². The Morgan fingerprint density at radius 3 is 2.56 bits per heavy atom. The van der Waals surface area contributed by atoms with Crippen LogP contribution >= 0.6 is 15.9 Å². The van der Waals surface area contributed by atoms with Crippen LogP contribution in [0.2, 0.25) is 0 Å². The highest BCUT2D eigenvalue weighted by Gasteiger charge is 2.49. The summed E-state index contributed by atoms with van der Waals surface area (Å²) in [5.41, 5.74) is 1.54. The molecule has 1 saturated heterocycles. The van der Waals surface area contributed by atoms with Gasteiger partial charge < -0.3 is 10.6 Å². The lowest BCUT2D eigenvalue weighted by Crippen LogP contribution is -2.43. The van der Waals surface area contributed by atoms with Crippen LogP contribution in [0, 0.1) is 6.92 Å². The molecular formula is C20H20BrN3O3. The second-order valence-corrected chi connectivity index (χ2v) is 7.63. The normalized spacial score (nSPS) is 19.1. The minimum atomic E-state index is -1.20. The van der Waals surface area contributed by atoms with Gasteiger partial charge in [0.25, 0.3) is 5.91 Å². The number of hydrogen-bond acceptors (Lipinski definition) is 3. The zero-order chi connectivity index (χ0) is 19.6. The van der Waals surface area contributed by atoms with Gasteiger partial charge >= 0.3 is 6.03 Å². The smallest absolute Gasteiger partial charge is 0.325 e. The molecule has 0 unspecified atom stereocenters. The number of carbonyl (C=O) groups excluding carboxylic acids is 3. The van der Waals surface area contributed by atoms with Crippen molar-refractivity contribution in [3.8, 4) is 0 Å². The van der Waals surface area contributed by atoms with Gasteiger partial charge in [0.05, 0.1) is 0 Å². The molecule has 140 valence electrons. The Kier molecular flexibility index (Phi) is 5.32. The molecule has 2 aromatic rings. The number of amides is 4. The summed E-state index contributed by atoms with van der Waals surface area (Å²) in [6.07, 6.45) is 0. The van der Waals surface area contributed by atoms with Crippen molar-refractivity contribution in [1.82, 2.24) is 15.5 Å². The van der Waals surface area contributed by atoms with E-state index in [-0.39, 0.29) is 6.54 Å². The van der Waals surface area contributed by atoms with Gasteiger partial charge in [-0.3, -0.25) is 14.5 Å². The second kappa shape index (κ2) is 7.52. The molecule has 7 heteroatoms. The van der Waals surface area contributed by atoms with Crippen molar-refractivity contribution in [2.45, 2.75) is 25.9 Å². The van der Waals surface area contributed by atoms with Crippen LogP contribution in [-0.2, 0) is 21.7 Å². The summed E-state index contributed by atoms with van der Waals surface area (Å²) in [6.45, 7) is 3.65. The van der Waals surface area contributed by atoms with Gasteiger partial charge in [-0.25, -0.2) is 4.79 Å². The van der Waals surface area contributed by atoms with Gasteiger partial charge in [0.2, 0.25) is 5.91 Å². The summed E-state index contributed by atoms with van der Waals surface area (Å²) >= 11 is 3.37. The standard InChI is InChI=1S/C20H20BrN3O3/c1-13-6-8-14(9-7-13)11-22-17(25)12-24-18(26)20(2,23-19(24)27)15-4-3-5-16(21)10-15/h3-10H,11-12H2,1-2H3,(H,22,25)(H,23,27)/t20-/m1/s1. The first kappa shape index (κ1) is 19.1. The lowest BCUT2D eigenvalue weighted by molar-refractivity contribution is -0.134. The summed E-state index contributed by atoms with van der Waals surface area (Å²) in [5, 5.41) is 5.44. The average Bonchev–Trinajstić information content (AvgIpc) is 2.85. The molecule has 1 aliphatic heterocycles. The van der Waals surface area contributed by atoms with Crippen LogP contribution in [-0.4, -0.2) is 29.3 Å². The van der Waals surface area contributed by atoms with E-state index in [9.17, 15) is 14.4 Å². The Morgan fingerprint density at radius 2 is 1.89 bits per heavy atom. The molecule has 1 aliphatic rings. The SMILES string of the molecule is Cc1ccc(CNC(=O)CN2C(=O)N[C@](C)(c3cccc(Br)c3)C2=O)cc1. The van der Waals surface area contributed by atoms with Gasteiger partial charge in [-0.1, -0.05) is 57.9 Å². The van der Waals surface area contributed by atoms with Crippen LogP contribution in [0.15, 0.2) is 53.0 Å². The van der Waals surface area contributed by atoms with E-state index < -0.39 is 23.4 Å². The van der Waals surface area contributed by atoms with E-state index in [0.29, 0.717) is 12.1 Å². The lowest BCUT2D eigenvalue weighted by atomic mass is 9.92. The predicted octanol–water partition coefficient (Wildman–Crippen LogP) is 2.84. The van der Waals surface area contributed by atoms with Gasteiger partial charge in [0.1, 0.15) is 12.1 Å². The van der Waals surface area contributed by atoms with Gasteiger partial charge in [-0.2, -0.15) is 0 Å². The minimum absolute atomic E-state index is 0.319. The topological polar surface area (TPSA) is 78.5 Å². The first-order valence-electron chi connectivity index (χ1n) is 8.52. The second-order valence-electron chi connectivity index (χ2n) is 6.72. The third-order valence-electron chi connectivity index (χ3n) is 4.59. The number of nitrogens with one attached hydrogen (secondary N) is 2. The van der Waals surface area contributed by atoms with E-state index in [2.05, 4.69) is 26.6 Å². The lowest BCUT2D eigenvalue weighted by Gasteiger charge is -2.22. The first-order chi connectivity index (χ1) is 12.8. The van der Waals surface area contributed by atoms with Crippen LogP contribution in [0.4, 0.5) is 4.79 Å². The number of halogens is 1. The molecule has 6 nitrogen and oxygen atoms in total. The summed E-state index contributed by atoms with van der Waals surface area (Å²) in [6, 6.07) is 14.4. The zero-order valence-electron chi connectivity index (χ0n) is 15.1. The van der Waals surface area contributed by atoms with E-state index in [4.69, 9.17) is 0 Å². The van der Waals surface area contributed by atoms with Crippen LogP contribution in [0.1, 0.15) is 23.6 Å². The number of nitrogens with zero attached hydrogens (tertiary/aromatic N) is 1. The molecule has 3 rings (SSSR count). The van der Waals surface area contributed by atoms with Crippen LogP contribution in [0.25, 0.3) is 0 Å². The predicted molar refractivity (Wildman–Crippen MR) is 105 cm³/mol. The molecule has 0 aromatic heterocycles. The van der Waals surface area contributed by atoms with Crippen molar-refractivity contribution in [1.29, 1.82) is 0 Å². The zero-order valence-corrected chi connectivity index (χ0v) is 16.7. The van der Waals surface area contributed by atoms with E-state index in [1.807, 2.05) is 37.3 Å². The molecule has 1 fully saturated rings. The van der Waals surface area contributed by atoms with E-state index in [1.54, 1.807) is 25.1 Å². The van der Waals surface area contributed by atoms with Crippen molar-refractivity contribution in [3.05, 3.63) is 69.7 Å². The van der Waals surface area contributed by atoms with Gasteiger partial charge in [-0.15, -0.1) is 0 Å². The largest absolute Gasteiger partial charge is 0.350 e. The van der Waals surface area contributed by atoms with E-state index in [1.165, 1.54) is 0 Å². The first-order valence-corrected chi connectivity index (χ1v) is 9.31. The number of carbonyl (C=O) groups is 3. The van der Waals surface area contributed by atoms with Crippen molar-refractivity contribution in [2.24, 2.45) is 0 Å². The highest BCUT2D eigenvalue weighted by atomic mass is 79.9. The molecule has 0 radical (unpaired) electrons. The van der Waals surface area contributed by atoms with Crippen LogP contribution in [0.5, 0.6) is 0 Å². The number of urea groups is 1.